The highest BCUT2D eigenvalue weighted by molar-refractivity contribution is 5.94. The van der Waals surface area contributed by atoms with Gasteiger partial charge >= 0.3 is 5.97 Å². The van der Waals surface area contributed by atoms with E-state index in [1.165, 1.54) is 0 Å². The van der Waals surface area contributed by atoms with Gasteiger partial charge in [-0.1, -0.05) is 26.8 Å². The number of carboxylic acid groups (broad SMARTS) is 1. The molecule has 0 aromatic heterocycles. The number of aliphatic carboxylic acids is 1. The van der Waals surface area contributed by atoms with Gasteiger partial charge in [-0.2, -0.15) is 0 Å². The van der Waals surface area contributed by atoms with E-state index >= 15 is 0 Å². The standard InChI is InChI=1S/C10H17NO3/c1-5-7(4)8(10(13)14)11-9(12)6(2)3/h7-8H,2,5H2,1,3-4H3,(H,11,12)(H,13,14). The summed E-state index contributed by atoms with van der Waals surface area (Å²) in [7, 11) is 0. The first-order valence-electron chi connectivity index (χ1n) is 4.59. The van der Waals surface area contributed by atoms with E-state index in [9.17, 15) is 9.59 Å². The number of hydrogen-bond acceptors (Lipinski definition) is 2. The van der Waals surface area contributed by atoms with Crippen molar-refractivity contribution in [3.05, 3.63) is 12.2 Å². The number of hydrogen-bond donors (Lipinski definition) is 2. The summed E-state index contributed by atoms with van der Waals surface area (Å²) in [6, 6.07) is -0.829. The lowest BCUT2D eigenvalue weighted by molar-refractivity contribution is -0.142. The first-order valence-corrected chi connectivity index (χ1v) is 4.59. The quantitative estimate of drug-likeness (QED) is 0.653. The van der Waals surface area contributed by atoms with Crippen LogP contribution in [0.25, 0.3) is 0 Å². The lowest BCUT2D eigenvalue weighted by Crippen LogP contribution is -2.45. The van der Waals surface area contributed by atoms with Crippen LogP contribution in [-0.2, 0) is 9.59 Å². The number of rotatable bonds is 5. The molecule has 0 saturated carbocycles. The van der Waals surface area contributed by atoms with Crippen molar-refractivity contribution in [2.45, 2.75) is 33.2 Å². The van der Waals surface area contributed by atoms with Crippen LogP contribution in [0.4, 0.5) is 0 Å². The molecule has 4 nitrogen and oxygen atoms in total. The summed E-state index contributed by atoms with van der Waals surface area (Å²) >= 11 is 0. The van der Waals surface area contributed by atoms with Crippen molar-refractivity contribution in [2.75, 3.05) is 0 Å². The minimum atomic E-state index is -1.01. The van der Waals surface area contributed by atoms with E-state index < -0.39 is 17.9 Å². The highest BCUT2D eigenvalue weighted by Crippen LogP contribution is 2.08. The van der Waals surface area contributed by atoms with Crippen molar-refractivity contribution >= 4 is 11.9 Å². The fourth-order valence-electron chi connectivity index (χ4n) is 0.948. The van der Waals surface area contributed by atoms with Crippen LogP contribution in [0.2, 0.25) is 0 Å². The average molecular weight is 199 g/mol. The minimum Gasteiger partial charge on any atom is -0.480 e. The average Bonchev–Trinajstić information content (AvgIpc) is 2.11. The molecule has 0 aliphatic rings. The van der Waals surface area contributed by atoms with Crippen molar-refractivity contribution in [2.24, 2.45) is 5.92 Å². The maximum absolute atomic E-state index is 11.2. The Kier molecular flexibility index (Phi) is 4.91. The summed E-state index contributed by atoms with van der Waals surface area (Å²) in [5, 5.41) is 11.3. The Labute approximate surface area is 84.0 Å². The minimum absolute atomic E-state index is 0.0872. The topological polar surface area (TPSA) is 66.4 Å². The van der Waals surface area contributed by atoms with E-state index in [1.54, 1.807) is 13.8 Å². The zero-order valence-corrected chi connectivity index (χ0v) is 8.83. The van der Waals surface area contributed by atoms with Crippen LogP contribution in [0.1, 0.15) is 27.2 Å². The van der Waals surface area contributed by atoms with E-state index in [-0.39, 0.29) is 5.92 Å². The maximum Gasteiger partial charge on any atom is 0.326 e. The Bertz CT molecular complexity index is 248. The van der Waals surface area contributed by atoms with E-state index in [2.05, 4.69) is 11.9 Å². The van der Waals surface area contributed by atoms with Crippen LogP contribution in [0.5, 0.6) is 0 Å². The van der Waals surface area contributed by atoms with Gasteiger partial charge in [-0.05, 0) is 12.8 Å². The van der Waals surface area contributed by atoms with E-state index in [1.807, 2.05) is 6.92 Å². The smallest absolute Gasteiger partial charge is 0.326 e. The fourth-order valence-corrected chi connectivity index (χ4v) is 0.948. The first-order chi connectivity index (χ1) is 6.40. The summed E-state index contributed by atoms with van der Waals surface area (Å²) in [5.41, 5.74) is 0.319. The molecule has 4 heteroatoms. The molecule has 0 aliphatic heterocycles. The normalized spacial score (nSPS) is 14.2. The molecule has 80 valence electrons. The molecule has 1 amide bonds. The van der Waals surface area contributed by atoms with Crippen LogP contribution in [0.3, 0.4) is 0 Å². The molecule has 2 atom stereocenters. The lowest BCUT2D eigenvalue weighted by Gasteiger charge is -2.19. The Morgan fingerprint density at radius 1 is 1.50 bits per heavy atom. The monoisotopic (exact) mass is 199 g/mol. The second kappa shape index (κ2) is 5.42. The highest BCUT2D eigenvalue weighted by atomic mass is 16.4. The van der Waals surface area contributed by atoms with Gasteiger partial charge in [-0.25, -0.2) is 4.79 Å². The molecule has 14 heavy (non-hydrogen) atoms. The zero-order valence-electron chi connectivity index (χ0n) is 8.83. The van der Waals surface area contributed by atoms with Gasteiger partial charge in [0.05, 0.1) is 0 Å². The molecule has 0 fully saturated rings. The van der Waals surface area contributed by atoms with Gasteiger partial charge in [0, 0.05) is 5.57 Å². The van der Waals surface area contributed by atoms with Gasteiger partial charge in [0.25, 0.3) is 0 Å². The van der Waals surface area contributed by atoms with Gasteiger partial charge in [-0.15, -0.1) is 0 Å². The third-order valence-corrected chi connectivity index (χ3v) is 2.15. The number of carboxylic acids is 1. The summed E-state index contributed by atoms with van der Waals surface area (Å²) in [6.07, 6.45) is 0.702. The summed E-state index contributed by atoms with van der Waals surface area (Å²) in [5.74, 6) is -1.50. The Morgan fingerprint density at radius 2 is 2.00 bits per heavy atom. The summed E-state index contributed by atoms with van der Waals surface area (Å²) in [6.45, 7) is 8.67. The van der Waals surface area contributed by atoms with Gasteiger partial charge in [0.1, 0.15) is 6.04 Å². The van der Waals surface area contributed by atoms with Crippen molar-refractivity contribution in [3.8, 4) is 0 Å². The third-order valence-electron chi connectivity index (χ3n) is 2.15. The van der Waals surface area contributed by atoms with Crippen LogP contribution < -0.4 is 5.32 Å². The van der Waals surface area contributed by atoms with Gasteiger partial charge < -0.3 is 10.4 Å². The molecule has 0 aromatic rings. The molecule has 0 spiro atoms. The lowest BCUT2D eigenvalue weighted by atomic mass is 9.99. The number of carbonyl (C=O) groups is 2. The second-order valence-corrected chi connectivity index (χ2v) is 3.46. The van der Waals surface area contributed by atoms with Gasteiger partial charge in [-0.3, -0.25) is 4.79 Å². The fraction of sp³-hybridized carbons (Fsp3) is 0.600. The molecule has 0 aliphatic carbocycles. The van der Waals surface area contributed by atoms with Crippen LogP contribution in [0, 0.1) is 5.92 Å². The summed E-state index contributed by atoms with van der Waals surface area (Å²) < 4.78 is 0. The number of carbonyl (C=O) groups excluding carboxylic acids is 1. The Balaban J connectivity index is 4.46. The number of nitrogens with one attached hydrogen (secondary N) is 1. The molecular formula is C10H17NO3. The van der Waals surface area contributed by atoms with Crippen molar-refractivity contribution in [3.63, 3.8) is 0 Å². The molecule has 2 N–H and O–H groups in total. The Hall–Kier alpha value is -1.32. The van der Waals surface area contributed by atoms with Crippen LogP contribution in [0.15, 0.2) is 12.2 Å². The van der Waals surface area contributed by atoms with Crippen LogP contribution in [-0.4, -0.2) is 23.0 Å². The molecule has 0 heterocycles. The molecule has 0 radical (unpaired) electrons. The first kappa shape index (κ1) is 12.7. The van der Waals surface area contributed by atoms with E-state index in [0.29, 0.717) is 12.0 Å². The predicted molar refractivity (Wildman–Crippen MR) is 53.8 cm³/mol. The molecule has 0 rings (SSSR count). The largest absolute Gasteiger partial charge is 0.480 e. The van der Waals surface area contributed by atoms with Crippen LogP contribution >= 0.6 is 0 Å². The van der Waals surface area contributed by atoms with Crippen molar-refractivity contribution < 1.29 is 14.7 Å². The SMILES string of the molecule is C=C(C)C(=O)NC(C(=O)O)C(C)CC. The molecule has 2 unspecified atom stereocenters. The second-order valence-electron chi connectivity index (χ2n) is 3.46. The molecule has 0 bridgehead atoms. The zero-order chi connectivity index (χ0) is 11.3. The van der Waals surface area contributed by atoms with E-state index in [4.69, 9.17) is 5.11 Å². The highest BCUT2D eigenvalue weighted by Gasteiger charge is 2.25. The molecule has 0 aromatic carbocycles. The molecular weight excluding hydrogens is 182 g/mol. The van der Waals surface area contributed by atoms with E-state index in [0.717, 1.165) is 0 Å². The van der Waals surface area contributed by atoms with Gasteiger partial charge in [0.15, 0.2) is 0 Å². The number of amides is 1. The van der Waals surface area contributed by atoms with Gasteiger partial charge in [0.2, 0.25) is 5.91 Å². The third kappa shape index (κ3) is 3.60. The summed E-state index contributed by atoms with van der Waals surface area (Å²) in [4.78, 5) is 22.0. The van der Waals surface area contributed by atoms with Crippen molar-refractivity contribution in [1.82, 2.24) is 5.32 Å². The Morgan fingerprint density at radius 3 is 2.29 bits per heavy atom. The van der Waals surface area contributed by atoms with Crippen molar-refractivity contribution in [1.29, 1.82) is 0 Å². The predicted octanol–water partition coefficient (Wildman–Crippen LogP) is 1.18. The maximum atomic E-state index is 11.2. The molecule has 0 saturated heterocycles.